The second-order valence-corrected chi connectivity index (χ2v) is 7.16. The standard InChI is InChI=1S/C17H24N2O3S.ClH/c18-11-13-4-6-19(12-13)17(20)5-9-23-14-2-3-15-16(10-14)22-8-1-7-21-15;/h2-3,10,13H,1,4-9,11-12,18H2;1H. The van der Waals surface area contributed by atoms with Gasteiger partial charge < -0.3 is 20.1 Å². The number of thioether (sulfide) groups is 1. The molecule has 134 valence electrons. The molecule has 0 aliphatic carbocycles. The lowest BCUT2D eigenvalue weighted by molar-refractivity contribution is -0.129. The highest BCUT2D eigenvalue weighted by atomic mass is 35.5. The monoisotopic (exact) mass is 372 g/mol. The molecule has 1 atom stereocenters. The quantitative estimate of drug-likeness (QED) is 0.805. The molecule has 1 fully saturated rings. The van der Waals surface area contributed by atoms with Crippen LogP contribution in [0, 0.1) is 5.92 Å². The Bertz CT molecular complexity index is 559. The molecule has 2 aliphatic heterocycles. The van der Waals surface area contributed by atoms with Gasteiger partial charge >= 0.3 is 0 Å². The van der Waals surface area contributed by atoms with Crippen LogP contribution in [0.5, 0.6) is 11.5 Å². The van der Waals surface area contributed by atoms with Gasteiger partial charge in [0.1, 0.15) is 0 Å². The zero-order valence-corrected chi connectivity index (χ0v) is 15.4. The molecular formula is C17H25ClN2O3S. The molecule has 1 aromatic rings. The molecule has 0 aromatic heterocycles. The van der Waals surface area contributed by atoms with Crippen LogP contribution in [0.4, 0.5) is 0 Å². The predicted octanol–water partition coefficient (Wildman–Crippen LogP) is 2.56. The summed E-state index contributed by atoms with van der Waals surface area (Å²) in [4.78, 5) is 15.3. The van der Waals surface area contributed by atoms with Crippen molar-refractivity contribution in [2.45, 2.75) is 24.2 Å². The van der Waals surface area contributed by atoms with Crippen LogP contribution >= 0.6 is 24.2 Å². The number of rotatable bonds is 5. The van der Waals surface area contributed by atoms with Crippen molar-refractivity contribution in [3.05, 3.63) is 18.2 Å². The van der Waals surface area contributed by atoms with E-state index in [1.807, 2.05) is 23.1 Å². The Labute approximate surface area is 153 Å². The first-order chi connectivity index (χ1) is 11.3. The highest BCUT2D eigenvalue weighted by Crippen LogP contribution is 2.34. The van der Waals surface area contributed by atoms with Crippen molar-refractivity contribution in [1.82, 2.24) is 4.90 Å². The van der Waals surface area contributed by atoms with E-state index in [9.17, 15) is 4.79 Å². The number of benzene rings is 1. The number of nitrogens with two attached hydrogens (primary N) is 1. The van der Waals surface area contributed by atoms with Crippen molar-refractivity contribution in [2.24, 2.45) is 11.7 Å². The molecule has 5 nitrogen and oxygen atoms in total. The molecule has 0 saturated carbocycles. The average Bonchev–Trinajstić information content (AvgIpc) is 2.93. The summed E-state index contributed by atoms with van der Waals surface area (Å²) in [5, 5.41) is 0. The van der Waals surface area contributed by atoms with Crippen molar-refractivity contribution in [3.8, 4) is 11.5 Å². The number of carbonyl (C=O) groups is 1. The van der Waals surface area contributed by atoms with Gasteiger partial charge in [0.05, 0.1) is 13.2 Å². The van der Waals surface area contributed by atoms with E-state index >= 15 is 0 Å². The van der Waals surface area contributed by atoms with Crippen LogP contribution in [0.3, 0.4) is 0 Å². The number of fused-ring (bicyclic) bond motifs is 1. The van der Waals surface area contributed by atoms with E-state index in [-0.39, 0.29) is 18.3 Å². The normalized spacial score (nSPS) is 19.5. The first kappa shape index (κ1) is 19.2. The fraction of sp³-hybridized carbons (Fsp3) is 0.588. The minimum absolute atomic E-state index is 0. The Hall–Kier alpha value is -1.11. The minimum Gasteiger partial charge on any atom is -0.490 e. The van der Waals surface area contributed by atoms with Crippen molar-refractivity contribution in [1.29, 1.82) is 0 Å². The summed E-state index contributed by atoms with van der Waals surface area (Å²) >= 11 is 1.69. The summed E-state index contributed by atoms with van der Waals surface area (Å²) < 4.78 is 11.3. The lowest BCUT2D eigenvalue weighted by Gasteiger charge is -2.16. The molecule has 0 bridgehead atoms. The van der Waals surface area contributed by atoms with Crippen LogP contribution < -0.4 is 15.2 Å². The summed E-state index contributed by atoms with van der Waals surface area (Å²) in [5.74, 6) is 3.12. The SMILES string of the molecule is Cl.NCC1CCN(C(=O)CCSc2ccc3c(c2)OCCCO3)C1. The number of carbonyl (C=O) groups excluding carboxylic acids is 1. The summed E-state index contributed by atoms with van der Waals surface area (Å²) in [6.45, 7) is 3.75. The van der Waals surface area contributed by atoms with E-state index in [0.29, 0.717) is 32.1 Å². The molecular weight excluding hydrogens is 348 g/mol. The predicted molar refractivity (Wildman–Crippen MR) is 98.4 cm³/mol. The maximum atomic E-state index is 12.2. The number of nitrogens with zero attached hydrogens (tertiary/aromatic N) is 1. The fourth-order valence-corrected chi connectivity index (χ4v) is 3.77. The summed E-state index contributed by atoms with van der Waals surface area (Å²) in [7, 11) is 0. The first-order valence-electron chi connectivity index (χ1n) is 8.26. The van der Waals surface area contributed by atoms with Crippen LogP contribution in [-0.4, -0.2) is 49.4 Å². The molecule has 1 amide bonds. The van der Waals surface area contributed by atoms with Crippen molar-refractivity contribution in [2.75, 3.05) is 38.6 Å². The van der Waals surface area contributed by atoms with E-state index in [1.54, 1.807) is 11.8 Å². The van der Waals surface area contributed by atoms with Crippen LogP contribution in [0.25, 0.3) is 0 Å². The van der Waals surface area contributed by atoms with Gasteiger partial charge in [0, 0.05) is 36.6 Å². The molecule has 24 heavy (non-hydrogen) atoms. The Balaban J connectivity index is 0.00000208. The van der Waals surface area contributed by atoms with Crippen LogP contribution in [0.1, 0.15) is 19.3 Å². The molecule has 3 rings (SSSR count). The van der Waals surface area contributed by atoms with Gasteiger partial charge in [-0.05, 0) is 37.1 Å². The number of halogens is 1. The zero-order chi connectivity index (χ0) is 16.1. The first-order valence-corrected chi connectivity index (χ1v) is 9.25. The van der Waals surface area contributed by atoms with Gasteiger partial charge in [-0.25, -0.2) is 0 Å². The fourth-order valence-electron chi connectivity index (χ4n) is 2.90. The summed E-state index contributed by atoms with van der Waals surface area (Å²) in [6, 6.07) is 6.00. The lowest BCUT2D eigenvalue weighted by atomic mass is 10.1. The van der Waals surface area contributed by atoms with Gasteiger partial charge in [-0.3, -0.25) is 4.79 Å². The molecule has 7 heteroatoms. The number of hydrogen-bond acceptors (Lipinski definition) is 5. The molecule has 0 spiro atoms. The third-order valence-electron chi connectivity index (χ3n) is 4.28. The molecule has 1 unspecified atom stereocenters. The van der Waals surface area contributed by atoms with Gasteiger partial charge in [0.2, 0.25) is 5.91 Å². The van der Waals surface area contributed by atoms with E-state index in [4.69, 9.17) is 15.2 Å². The number of amides is 1. The van der Waals surface area contributed by atoms with Crippen LogP contribution in [0.2, 0.25) is 0 Å². The highest BCUT2D eigenvalue weighted by molar-refractivity contribution is 7.99. The largest absolute Gasteiger partial charge is 0.490 e. The number of ether oxygens (including phenoxy) is 2. The zero-order valence-electron chi connectivity index (χ0n) is 13.7. The average molecular weight is 373 g/mol. The Morgan fingerprint density at radius 3 is 2.83 bits per heavy atom. The maximum Gasteiger partial charge on any atom is 0.223 e. The molecule has 0 radical (unpaired) electrons. The second-order valence-electron chi connectivity index (χ2n) is 5.99. The molecule has 2 heterocycles. The van der Waals surface area contributed by atoms with Crippen molar-refractivity contribution >= 4 is 30.1 Å². The van der Waals surface area contributed by atoms with Gasteiger partial charge in [-0.2, -0.15) is 0 Å². The van der Waals surface area contributed by atoms with Crippen LogP contribution in [-0.2, 0) is 4.79 Å². The topological polar surface area (TPSA) is 64.8 Å². The highest BCUT2D eigenvalue weighted by Gasteiger charge is 2.24. The van der Waals surface area contributed by atoms with Crippen molar-refractivity contribution in [3.63, 3.8) is 0 Å². The van der Waals surface area contributed by atoms with E-state index in [0.717, 1.165) is 48.1 Å². The Morgan fingerprint density at radius 1 is 1.29 bits per heavy atom. The number of likely N-dealkylation sites (tertiary alicyclic amines) is 1. The summed E-state index contributed by atoms with van der Waals surface area (Å²) in [5.41, 5.74) is 5.67. The van der Waals surface area contributed by atoms with Gasteiger partial charge in [-0.1, -0.05) is 0 Å². The van der Waals surface area contributed by atoms with Gasteiger partial charge in [-0.15, -0.1) is 24.2 Å². The molecule has 2 N–H and O–H groups in total. The van der Waals surface area contributed by atoms with E-state index in [2.05, 4.69) is 0 Å². The van der Waals surface area contributed by atoms with Gasteiger partial charge in [0.25, 0.3) is 0 Å². The third-order valence-corrected chi connectivity index (χ3v) is 5.27. The second kappa shape index (κ2) is 9.39. The van der Waals surface area contributed by atoms with Gasteiger partial charge in [0.15, 0.2) is 11.5 Å². The minimum atomic E-state index is 0. The molecule has 1 saturated heterocycles. The molecule has 2 aliphatic rings. The Kier molecular flexibility index (Phi) is 7.52. The summed E-state index contributed by atoms with van der Waals surface area (Å²) in [6.07, 6.45) is 2.51. The Morgan fingerprint density at radius 2 is 2.08 bits per heavy atom. The smallest absolute Gasteiger partial charge is 0.223 e. The maximum absolute atomic E-state index is 12.2. The lowest BCUT2D eigenvalue weighted by Crippen LogP contribution is -2.30. The van der Waals surface area contributed by atoms with Crippen LogP contribution in [0.15, 0.2) is 23.1 Å². The van der Waals surface area contributed by atoms with E-state index < -0.39 is 0 Å². The molecule has 1 aromatic carbocycles. The van der Waals surface area contributed by atoms with Crippen molar-refractivity contribution < 1.29 is 14.3 Å². The third kappa shape index (κ3) is 4.94. The van der Waals surface area contributed by atoms with E-state index in [1.165, 1.54) is 0 Å². The number of hydrogen-bond donors (Lipinski definition) is 1.